The van der Waals surface area contributed by atoms with E-state index in [-0.39, 0.29) is 39.5 Å². The van der Waals surface area contributed by atoms with Crippen LogP contribution in [0.25, 0.3) is 0 Å². The lowest BCUT2D eigenvalue weighted by Crippen LogP contribution is -2.45. The fourth-order valence-corrected chi connectivity index (χ4v) is 1.87. The van der Waals surface area contributed by atoms with Crippen LogP contribution in [0.3, 0.4) is 0 Å². The lowest BCUT2D eigenvalue weighted by molar-refractivity contribution is -0.313. The first-order chi connectivity index (χ1) is 12.2. The van der Waals surface area contributed by atoms with E-state index in [1.807, 2.05) is 0 Å². The highest BCUT2D eigenvalue weighted by Crippen LogP contribution is 1.90. The molecule has 0 saturated heterocycles. The van der Waals surface area contributed by atoms with Gasteiger partial charge in [0.05, 0.1) is 50.3 Å². The summed E-state index contributed by atoms with van der Waals surface area (Å²) in [6.45, 7) is -1.88. The molecule has 0 fully saturated rings. The molecule has 0 rings (SSSR count). The molecule has 0 radical (unpaired) electrons. The van der Waals surface area contributed by atoms with Crippen LogP contribution in [0.1, 0.15) is 0 Å². The van der Waals surface area contributed by atoms with Gasteiger partial charge < -0.3 is 49.1 Å². The van der Waals surface area contributed by atoms with Crippen LogP contribution < -0.4 is 20.4 Å². The van der Waals surface area contributed by atoms with Crippen molar-refractivity contribution < 1.29 is 49.1 Å². The third-order valence-corrected chi connectivity index (χ3v) is 2.89. The van der Waals surface area contributed by atoms with Crippen molar-refractivity contribution in [3.63, 3.8) is 0 Å². The average Bonchev–Trinajstić information content (AvgIpc) is 2.47. The van der Waals surface area contributed by atoms with Crippen molar-refractivity contribution in [2.24, 2.45) is 0 Å². The van der Waals surface area contributed by atoms with E-state index in [0.717, 1.165) is 9.80 Å². The second-order valence-corrected chi connectivity index (χ2v) is 5.13. The zero-order valence-electron chi connectivity index (χ0n) is 14.0. The number of aliphatic carboxylic acids is 4. The van der Waals surface area contributed by atoms with Gasteiger partial charge in [-0.25, -0.2) is 0 Å². The van der Waals surface area contributed by atoms with Gasteiger partial charge >= 0.3 is 0 Å². The van der Waals surface area contributed by atoms with Gasteiger partial charge in [-0.2, -0.15) is 0 Å². The molecule has 0 aromatic carbocycles. The highest BCUT2D eigenvalue weighted by molar-refractivity contribution is 5.70. The summed E-state index contributed by atoms with van der Waals surface area (Å²) in [5, 5.41) is 41.9. The first-order valence-corrected chi connectivity index (χ1v) is 7.60. The number of carbonyl (C=O) groups excluding carboxylic acids is 4. The Morgan fingerprint density at radius 2 is 0.808 bits per heavy atom. The maximum atomic E-state index is 10.5. The summed E-state index contributed by atoms with van der Waals surface area (Å²) < 4.78 is 10.3. The summed E-state index contributed by atoms with van der Waals surface area (Å²) in [6, 6.07) is 0. The molecule has 12 heteroatoms. The largest absolute Gasteiger partial charge is 0.549 e. The van der Waals surface area contributed by atoms with Crippen LogP contribution in [-0.2, 0) is 28.7 Å². The smallest absolute Gasteiger partial charge is 0.0701 e. The lowest BCUT2D eigenvalue weighted by atomic mass is 10.4. The van der Waals surface area contributed by atoms with E-state index in [0.29, 0.717) is 0 Å². The number of nitrogens with zero attached hydrogens (tertiary/aromatic N) is 2. The van der Waals surface area contributed by atoms with Crippen LogP contribution in [0, 0.1) is 0 Å². The number of carboxylic acids is 4. The average molecular weight is 376 g/mol. The maximum Gasteiger partial charge on any atom is 0.0701 e. The molecule has 0 unspecified atom stereocenters. The van der Waals surface area contributed by atoms with Gasteiger partial charge in [-0.05, 0) is 0 Å². The maximum absolute atomic E-state index is 10.5. The van der Waals surface area contributed by atoms with Gasteiger partial charge in [-0.1, -0.05) is 0 Å². The molecule has 0 heterocycles. The zero-order chi connectivity index (χ0) is 19.9. The van der Waals surface area contributed by atoms with Crippen molar-refractivity contribution in [3.8, 4) is 0 Å². The number of carbonyl (C=O) groups is 4. The molecule has 0 atom stereocenters. The Labute approximate surface area is 149 Å². The lowest BCUT2D eigenvalue weighted by Gasteiger charge is -2.23. The molecule has 150 valence electrons. The fraction of sp³-hybridized carbons (Fsp3) is 0.714. The number of rotatable bonds is 17. The number of hydrogen-bond acceptors (Lipinski definition) is 12. The van der Waals surface area contributed by atoms with Gasteiger partial charge in [0.15, 0.2) is 0 Å². The van der Waals surface area contributed by atoms with Crippen LogP contribution in [0.2, 0.25) is 0 Å². The Hall–Kier alpha value is -2.28. The van der Waals surface area contributed by atoms with Crippen LogP contribution in [0.15, 0.2) is 0 Å². The van der Waals surface area contributed by atoms with Crippen LogP contribution in [0.4, 0.5) is 0 Å². The topological polar surface area (TPSA) is 185 Å². The second-order valence-electron chi connectivity index (χ2n) is 5.13. The monoisotopic (exact) mass is 376 g/mol. The first-order valence-electron chi connectivity index (χ1n) is 7.60. The van der Waals surface area contributed by atoms with Crippen molar-refractivity contribution in [3.05, 3.63) is 0 Å². The Morgan fingerprint density at radius 1 is 0.538 bits per heavy atom. The highest BCUT2D eigenvalue weighted by atomic mass is 16.5. The molecule has 0 N–H and O–H groups in total. The molecule has 26 heavy (non-hydrogen) atoms. The van der Waals surface area contributed by atoms with Gasteiger partial charge in [0.25, 0.3) is 0 Å². The predicted octanol–water partition coefficient (Wildman–Crippen LogP) is -7.38. The number of carboxylic acid groups (broad SMARTS) is 4. The first kappa shape index (κ1) is 23.7. The van der Waals surface area contributed by atoms with Crippen molar-refractivity contribution in [1.82, 2.24) is 9.80 Å². The predicted molar refractivity (Wildman–Crippen MR) is 74.5 cm³/mol. The summed E-state index contributed by atoms with van der Waals surface area (Å²) in [4.78, 5) is 44.0. The molecule has 12 nitrogen and oxygen atoms in total. The van der Waals surface area contributed by atoms with Crippen LogP contribution >= 0.6 is 0 Å². The summed E-state index contributed by atoms with van der Waals surface area (Å²) >= 11 is 0. The Morgan fingerprint density at radius 3 is 1.04 bits per heavy atom. The molecule has 0 aromatic rings. The molecule has 0 bridgehead atoms. The van der Waals surface area contributed by atoms with E-state index in [1.165, 1.54) is 0 Å². The van der Waals surface area contributed by atoms with Gasteiger partial charge in [-0.3, -0.25) is 9.80 Å². The summed E-state index contributed by atoms with van der Waals surface area (Å²) in [5.74, 6) is -5.70. The van der Waals surface area contributed by atoms with E-state index in [1.54, 1.807) is 0 Å². The normalized spacial score (nSPS) is 11.0. The third-order valence-electron chi connectivity index (χ3n) is 2.89. The molecule has 0 aliphatic carbocycles. The summed E-state index contributed by atoms with van der Waals surface area (Å²) in [6.07, 6.45) is 0. The molecule has 0 saturated carbocycles. The number of ether oxygens (including phenoxy) is 2. The summed E-state index contributed by atoms with van der Waals surface area (Å²) in [5.41, 5.74) is 0. The molecule has 0 amide bonds. The Bertz CT molecular complexity index is 397. The molecular weight excluding hydrogens is 356 g/mol. The van der Waals surface area contributed by atoms with Crippen LogP contribution in [0.5, 0.6) is 0 Å². The highest BCUT2D eigenvalue weighted by Gasteiger charge is 2.07. The molecule has 0 aliphatic heterocycles. The molecule has 0 aliphatic rings. The van der Waals surface area contributed by atoms with E-state index >= 15 is 0 Å². The van der Waals surface area contributed by atoms with Gasteiger partial charge in [-0.15, -0.1) is 0 Å². The van der Waals surface area contributed by atoms with Crippen LogP contribution in [-0.4, -0.2) is 99.4 Å². The second kappa shape index (κ2) is 13.9. The minimum Gasteiger partial charge on any atom is -0.549 e. The van der Waals surface area contributed by atoms with E-state index in [2.05, 4.69) is 0 Å². The van der Waals surface area contributed by atoms with Gasteiger partial charge in [0, 0.05) is 39.3 Å². The quantitative estimate of drug-likeness (QED) is 0.219. The Balaban J connectivity index is 3.83. The standard InChI is InChI=1S/C14H24N2O10/c17-11(18)7-15(8-12(19)20)1-3-25-5-6-26-4-2-16(9-13(21)22)10-14(23)24/h1-10H2,(H,17,18)(H,19,20)(H,21,22)(H,23,24)/p-4. The minimum atomic E-state index is -1.42. The Kier molecular flexibility index (Phi) is 12.7. The molecule has 0 aromatic heterocycles. The fourth-order valence-electron chi connectivity index (χ4n) is 1.87. The van der Waals surface area contributed by atoms with Gasteiger partial charge in [0.2, 0.25) is 0 Å². The number of hydrogen-bond donors (Lipinski definition) is 0. The van der Waals surface area contributed by atoms with E-state index < -0.39 is 50.1 Å². The summed E-state index contributed by atoms with van der Waals surface area (Å²) in [7, 11) is 0. The van der Waals surface area contributed by atoms with Crippen molar-refractivity contribution in [2.75, 3.05) is 65.7 Å². The molecule has 0 spiro atoms. The SMILES string of the molecule is O=C([O-])CN(CCOCCOCCN(CC(=O)[O-])CC(=O)[O-])CC(=O)[O-]. The third kappa shape index (κ3) is 15.3. The van der Waals surface area contributed by atoms with E-state index in [4.69, 9.17) is 9.47 Å². The van der Waals surface area contributed by atoms with Crippen molar-refractivity contribution >= 4 is 23.9 Å². The zero-order valence-corrected chi connectivity index (χ0v) is 14.0. The molecular formula is C14H20N2O10-4. The van der Waals surface area contributed by atoms with Crippen molar-refractivity contribution in [2.45, 2.75) is 0 Å². The van der Waals surface area contributed by atoms with Gasteiger partial charge in [0.1, 0.15) is 0 Å². The van der Waals surface area contributed by atoms with E-state index in [9.17, 15) is 39.6 Å². The minimum absolute atomic E-state index is 0.0347. The van der Waals surface area contributed by atoms with Crippen molar-refractivity contribution in [1.29, 1.82) is 0 Å².